The predicted octanol–water partition coefficient (Wildman–Crippen LogP) is -1.47. The van der Waals surface area contributed by atoms with Crippen LogP contribution in [0.3, 0.4) is 0 Å². The van der Waals surface area contributed by atoms with Crippen LogP contribution in [-0.2, 0) is 10.1 Å². The van der Waals surface area contributed by atoms with Crippen molar-refractivity contribution in [3.05, 3.63) is 30.5 Å². The third kappa shape index (κ3) is 2.27. The summed E-state index contributed by atoms with van der Waals surface area (Å²) in [5.74, 6) is 0. The third-order valence-electron chi connectivity index (χ3n) is 1.83. The summed E-state index contributed by atoms with van der Waals surface area (Å²) in [5, 5.41) is 0.505. The van der Waals surface area contributed by atoms with Crippen LogP contribution in [0.15, 0.2) is 35.4 Å². The monoisotopic (exact) mass is 237 g/mol. The molecule has 0 saturated heterocycles. The molecule has 70 valence electrons. The molecule has 4 nitrogen and oxygen atoms in total. The summed E-state index contributed by atoms with van der Waals surface area (Å²) in [4.78, 5) is 2.68. The van der Waals surface area contributed by atoms with E-state index in [-0.39, 0.29) is 57.7 Å². The van der Waals surface area contributed by atoms with E-state index in [1.807, 2.05) is 0 Å². The van der Waals surface area contributed by atoms with Crippen LogP contribution < -0.4 is 51.4 Å². The third-order valence-corrected chi connectivity index (χ3v) is 2.72. The Morgan fingerprint density at radius 3 is 2.57 bits per heavy atom. The van der Waals surface area contributed by atoms with Crippen molar-refractivity contribution < 1.29 is 65.8 Å². The number of nitrogens with one attached hydrogen (secondary N) is 1. The van der Waals surface area contributed by atoms with Crippen molar-refractivity contribution in [2.45, 2.75) is 4.90 Å². The molecule has 0 aliphatic heterocycles. The molecule has 14 heavy (non-hydrogen) atoms. The van der Waals surface area contributed by atoms with Crippen LogP contribution in [0.5, 0.6) is 0 Å². The maximum absolute atomic E-state index is 10.8. The molecule has 2 aromatic rings. The fraction of sp³-hybridized carbons (Fsp3) is 0. The summed E-state index contributed by atoms with van der Waals surface area (Å²) in [5.41, 5.74) is 0.690. The van der Waals surface area contributed by atoms with E-state index in [1.165, 1.54) is 6.20 Å². The van der Waals surface area contributed by atoms with Gasteiger partial charge in [0.1, 0.15) is 4.90 Å². The van der Waals surface area contributed by atoms with Crippen LogP contribution in [0.1, 0.15) is 1.43 Å². The SMILES string of the molecule is O=S(=O)(O)c1c[nH]c2ccccc12.[H-].[K+]. The topological polar surface area (TPSA) is 70.2 Å². The minimum absolute atomic E-state index is 0. The molecule has 1 aromatic carbocycles. The smallest absolute Gasteiger partial charge is 1.00 e. The molecule has 0 spiro atoms. The van der Waals surface area contributed by atoms with Crippen LogP contribution in [0.2, 0.25) is 0 Å². The first-order valence-electron chi connectivity index (χ1n) is 3.62. The van der Waals surface area contributed by atoms with E-state index in [9.17, 15) is 8.42 Å². The fourth-order valence-electron chi connectivity index (χ4n) is 1.26. The average molecular weight is 237 g/mol. The van der Waals surface area contributed by atoms with Crippen LogP contribution in [0.25, 0.3) is 10.9 Å². The van der Waals surface area contributed by atoms with Crippen LogP contribution in [0, 0.1) is 0 Å². The summed E-state index contributed by atoms with van der Waals surface area (Å²) < 4.78 is 30.5. The van der Waals surface area contributed by atoms with E-state index >= 15 is 0 Å². The number of benzene rings is 1. The van der Waals surface area contributed by atoms with Crippen molar-refractivity contribution >= 4 is 21.0 Å². The number of aromatic nitrogens is 1. The first-order valence-corrected chi connectivity index (χ1v) is 5.06. The molecule has 0 bridgehead atoms. The van der Waals surface area contributed by atoms with Crippen molar-refractivity contribution in [2.24, 2.45) is 0 Å². The Morgan fingerprint density at radius 1 is 1.29 bits per heavy atom. The maximum atomic E-state index is 10.8. The Kier molecular flexibility index (Phi) is 3.92. The van der Waals surface area contributed by atoms with Crippen molar-refractivity contribution in [1.82, 2.24) is 4.98 Å². The molecule has 0 atom stereocenters. The van der Waals surface area contributed by atoms with E-state index in [0.717, 1.165) is 0 Å². The molecule has 0 fully saturated rings. The number of hydrogen-bond donors (Lipinski definition) is 2. The van der Waals surface area contributed by atoms with Crippen molar-refractivity contribution in [3.63, 3.8) is 0 Å². The van der Waals surface area contributed by atoms with Gasteiger partial charge < -0.3 is 6.41 Å². The normalized spacial score (nSPS) is 11.2. The van der Waals surface area contributed by atoms with Gasteiger partial charge in [-0.1, -0.05) is 18.2 Å². The second-order valence-electron chi connectivity index (χ2n) is 2.67. The van der Waals surface area contributed by atoms with Gasteiger partial charge in [-0.3, -0.25) is 4.55 Å². The largest absolute Gasteiger partial charge is 1.00 e. The van der Waals surface area contributed by atoms with Gasteiger partial charge in [-0.2, -0.15) is 8.42 Å². The van der Waals surface area contributed by atoms with Gasteiger partial charge in [0.2, 0.25) is 0 Å². The summed E-state index contributed by atoms with van der Waals surface area (Å²) >= 11 is 0. The molecular formula is C8H8KNO3S. The van der Waals surface area contributed by atoms with E-state index in [0.29, 0.717) is 10.9 Å². The Bertz CT molecular complexity index is 552. The zero-order valence-electron chi connectivity index (χ0n) is 8.56. The number of fused-ring (bicyclic) bond motifs is 1. The molecule has 0 radical (unpaired) electrons. The standard InChI is InChI=1S/C8H7NO3S.K.H/c10-13(11,12)8-5-9-7-4-2-1-3-6(7)8;;/h1-5,9H,(H,10,11,12);;/q;+1;-1. The van der Waals surface area contributed by atoms with Crippen molar-refractivity contribution in [1.29, 1.82) is 0 Å². The van der Waals surface area contributed by atoms with E-state index < -0.39 is 10.1 Å². The van der Waals surface area contributed by atoms with Crippen LogP contribution >= 0.6 is 0 Å². The van der Waals surface area contributed by atoms with Crippen molar-refractivity contribution in [3.8, 4) is 0 Å². The zero-order valence-corrected chi connectivity index (χ0v) is 11.5. The number of hydrogen-bond acceptors (Lipinski definition) is 2. The summed E-state index contributed by atoms with van der Waals surface area (Å²) in [6.45, 7) is 0. The number of aromatic amines is 1. The molecule has 0 aliphatic rings. The minimum atomic E-state index is -4.12. The van der Waals surface area contributed by atoms with Crippen LogP contribution in [-0.4, -0.2) is 18.0 Å². The van der Waals surface area contributed by atoms with E-state index in [2.05, 4.69) is 4.98 Å². The van der Waals surface area contributed by atoms with Gasteiger partial charge >= 0.3 is 51.4 Å². The quantitative estimate of drug-likeness (QED) is 0.470. The Balaban J connectivity index is 0.000000980. The number of para-hydroxylation sites is 1. The summed E-state index contributed by atoms with van der Waals surface area (Å²) in [7, 11) is -4.12. The van der Waals surface area contributed by atoms with E-state index in [1.54, 1.807) is 24.3 Å². The van der Waals surface area contributed by atoms with E-state index in [4.69, 9.17) is 4.55 Å². The molecule has 2 rings (SSSR count). The molecular weight excluding hydrogens is 229 g/mol. The summed E-state index contributed by atoms with van der Waals surface area (Å²) in [6.07, 6.45) is 1.28. The molecule has 0 aliphatic carbocycles. The van der Waals surface area contributed by atoms with Gasteiger partial charge in [0.05, 0.1) is 0 Å². The molecule has 0 unspecified atom stereocenters. The van der Waals surface area contributed by atoms with Gasteiger partial charge in [-0.05, 0) is 6.07 Å². The number of H-pyrrole nitrogens is 1. The minimum Gasteiger partial charge on any atom is -1.00 e. The van der Waals surface area contributed by atoms with Gasteiger partial charge in [0.25, 0.3) is 10.1 Å². The fourth-order valence-corrected chi connectivity index (χ4v) is 1.92. The average Bonchev–Trinajstić information content (AvgIpc) is 2.45. The van der Waals surface area contributed by atoms with Gasteiger partial charge in [0.15, 0.2) is 0 Å². The second kappa shape index (κ2) is 4.44. The Labute approximate surface area is 125 Å². The molecule has 0 amide bonds. The first-order chi connectivity index (χ1) is 6.09. The summed E-state index contributed by atoms with van der Waals surface area (Å²) in [6, 6.07) is 6.87. The maximum Gasteiger partial charge on any atom is 1.00 e. The first kappa shape index (κ1) is 12.4. The van der Waals surface area contributed by atoms with Gasteiger partial charge in [-0.25, -0.2) is 0 Å². The molecule has 6 heteroatoms. The number of rotatable bonds is 1. The van der Waals surface area contributed by atoms with Gasteiger partial charge in [0, 0.05) is 17.1 Å². The molecule has 1 heterocycles. The van der Waals surface area contributed by atoms with Gasteiger partial charge in [-0.15, -0.1) is 0 Å². The molecule has 0 saturated carbocycles. The zero-order chi connectivity index (χ0) is 9.47. The van der Waals surface area contributed by atoms with Crippen molar-refractivity contribution in [2.75, 3.05) is 0 Å². The Morgan fingerprint density at radius 2 is 1.93 bits per heavy atom. The second-order valence-corrected chi connectivity index (χ2v) is 4.06. The Hall–Kier alpha value is 0.306. The molecule has 1 aromatic heterocycles. The molecule has 2 N–H and O–H groups in total. The predicted molar refractivity (Wildman–Crippen MR) is 49.2 cm³/mol. The van der Waals surface area contributed by atoms with Crippen LogP contribution in [0.4, 0.5) is 0 Å².